The van der Waals surface area contributed by atoms with Crippen LogP contribution in [0.15, 0.2) is 54.9 Å². The van der Waals surface area contributed by atoms with Crippen molar-refractivity contribution in [2.45, 2.75) is 26.2 Å². The molecule has 0 aliphatic heterocycles. The molecular weight excluding hydrogens is 272 g/mol. The Balaban J connectivity index is 1.98. The topological polar surface area (TPSA) is 34.9 Å². The van der Waals surface area contributed by atoms with E-state index < -0.39 is 0 Å². The molecule has 22 heavy (non-hydrogen) atoms. The molecule has 1 aliphatic rings. The summed E-state index contributed by atoms with van der Waals surface area (Å²) in [7, 11) is 1.87. The normalized spacial score (nSPS) is 27.2. The van der Waals surface area contributed by atoms with Crippen LogP contribution in [0.3, 0.4) is 0 Å². The van der Waals surface area contributed by atoms with Gasteiger partial charge in [0, 0.05) is 31.3 Å². The van der Waals surface area contributed by atoms with Crippen molar-refractivity contribution < 1.29 is 4.79 Å². The third kappa shape index (κ3) is 2.12. The highest BCUT2D eigenvalue weighted by molar-refractivity contribution is 5.96. The van der Waals surface area contributed by atoms with Gasteiger partial charge in [0.1, 0.15) is 0 Å². The molecule has 3 atom stereocenters. The molecule has 3 heteroatoms. The van der Waals surface area contributed by atoms with Crippen LogP contribution in [0, 0.1) is 11.3 Å². The summed E-state index contributed by atoms with van der Waals surface area (Å²) >= 11 is 0. The number of ketones is 1. The number of carbonyl (C=O) groups excluding carboxylic acids is 1. The van der Waals surface area contributed by atoms with Crippen molar-refractivity contribution in [3.63, 3.8) is 0 Å². The lowest BCUT2D eigenvalue weighted by molar-refractivity contribution is 0.0467. The molecule has 2 aromatic rings. The number of Topliss-reactive ketones (excluding diaryl/α,β-unsaturated/α-hetero) is 1. The highest BCUT2D eigenvalue weighted by atomic mass is 16.1. The molecule has 0 bridgehead atoms. The van der Waals surface area contributed by atoms with Crippen LogP contribution in [0.4, 0.5) is 0 Å². The minimum atomic E-state index is -0.0230. The van der Waals surface area contributed by atoms with E-state index in [0.29, 0.717) is 5.82 Å². The summed E-state index contributed by atoms with van der Waals surface area (Å²) in [6, 6.07) is 10.3. The van der Waals surface area contributed by atoms with E-state index in [9.17, 15) is 4.79 Å². The van der Waals surface area contributed by atoms with Crippen molar-refractivity contribution >= 4 is 5.78 Å². The molecule has 3 nitrogen and oxygen atoms in total. The summed E-state index contributed by atoms with van der Waals surface area (Å²) in [5.74, 6) is 0.843. The first-order valence-electron chi connectivity index (χ1n) is 7.67. The summed E-state index contributed by atoms with van der Waals surface area (Å²) < 4.78 is 1.81. The lowest BCUT2D eigenvalue weighted by Crippen LogP contribution is -2.48. The third-order valence-electron chi connectivity index (χ3n) is 5.24. The van der Waals surface area contributed by atoms with E-state index in [1.807, 2.05) is 31.4 Å². The Morgan fingerprint density at radius 2 is 2.05 bits per heavy atom. The maximum atomic E-state index is 12.9. The second-order valence-electron chi connectivity index (χ2n) is 6.62. The first-order valence-corrected chi connectivity index (χ1v) is 7.67. The lowest BCUT2D eigenvalue weighted by Gasteiger charge is -2.53. The van der Waals surface area contributed by atoms with E-state index in [1.165, 1.54) is 5.56 Å². The number of nitrogens with zero attached hydrogens (tertiary/aromatic N) is 2. The molecule has 0 spiro atoms. The average molecular weight is 294 g/mol. The Hall–Kier alpha value is -2.16. The van der Waals surface area contributed by atoms with Gasteiger partial charge >= 0.3 is 0 Å². The summed E-state index contributed by atoms with van der Waals surface area (Å²) in [6.07, 6.45) is 4.34. The van der Waals surface area contributed by atoms with Gasteiger partial charge in [0.15, 0.2) is 5.82 Å². The summed E-state index contributed by atoms with van der Waals surface area (Å²) in [5.41, 5.74) is 2.34. The molecule has 1 aromatic carbocycles. The molecule has 1 aromatic heterocycles. The van der Waals surface area contributed by atoms with E-state index in [0.717, 1.165) is 12.0 Å². The van der Waals surface area contributed by atoms with Gasteiger partial charge in [-0.05, 0) is 24.3 Å². The molecule has 114 valence electrons. The van der Waals surface area contributed by atoms with Crippen LogP contribution in [0.5, 0.6) is 0 Å². The Bertz CT molecular complexity index is 716. The zero-order valence-corrected chi connectivity index (χ0v) is 13.4. The molecule has 0 unspecified atom stereocenters. The van der Waals surface area contributed by atoms with Gasteiger partial charge in [0.25, 0.3) is 0 Å². The standard InChI is InChI=1S/C19H22N2O/c1-13(2)19(3)12-15(16(19)14-8-6-5-7-9-14)17(22)18-20-10-11-21(18)4/h5-11,15-16H,1,12H2,2-4H3/t15-,16+,19+/m1/s1. The minimum Gasteiger partial charge on any atom is -0.332 e. The number of carbonyl (C=O) groups is 1. The van der Waals surface area contributed by atoms with Gasteiger partial charge in [-0.3, -0.25) is 4.79 Å². The number of benzene rings is 1. The zero-order chi connectivity index (χ0) is 15.9. The van der Waals surface area contributed by atoms with Gasteiger partial charge in [0.2, 0.25) is 5.78 Å². The van der Waals surface area contributed by atoms with Crippen molar-refractivity contribution in [2.24, 2.45) is 18.4 Å². The molecule has 1 saturated carbocycles. The summed E-state index contributed by atoms with van der Waals surface area (Å²) in [6.45, 7) is 8.45. The molecule has 3 rings (SSSR count). The zero-order valence-electron chi connectivity index (χ0n) is 13.4. The first-order chi connectivity index (χ1) is 10.4. The molecule has 0 amide bonds. The second-order valence-corrected chi connectivity index (χ2v) is 6.62. The van der Waals surface area contributed by atoms with Gasteiger partial charge in [-0.2, -0.15) is 0 Å². The Morgan fingerprint density at radius 1 is 1.36 bits per heavy atom. The van der Waals surface area contributed by atoms with Gasteiger partial charge in [-0.1, -0.05) is 49.4 Å². The third-order valence-corrected chi connectivity index (χ3v) is 5.24. The minimum absolute atomic E-state index is 0.0210. The molecule has 1 fully saturated rings. The number of imidazole rings is 1. The van der Waals surface area contributed by atoms with E-state index in [4.69, 9.17) is 0 Å². The van der Waals surface area contributed by atoms with Crippen molar-refractivity contribution in [1.29, 1.82) is 0 Å². The fourth-order valence-electron chi connectivity index (χ4n) is 3.70. The van der Waals surface area contributed by atoms with Gasteiger partial charge in [-0.25, -0.2) is 4.98 Å². The predicted octanol–water partition coefficient (Wildman–Crippen LogP) is 3.99. The lowest BCUT2D eigenvalue weighted by atomic mass is 9.49. The van der Waals surface area contributed by atoms with Gasteiger partial charge in [0.05, 0.1) is 0 Å². The van der Waals surface area contributed by atoms with Crippen LogP contribution in [0.1, 0.15) is 42.4 Å². The second kappa shape index (κ2) is 5.24. The highest BCUT2D eigenvalue weighted by Gasteiger charge is 2.55. The van der Waals surface area contributed by atoms with Crippen molar-refractivity contribution in [3.05, 3.63) is 66.3 Å². The van der Waals surface area contributed by atoms with Crippen LogP contribution in [0.2, 0.25) is 0 Å². The van der Waals surface area contributed by atoms with E-state index >= 15 is 0 Å². The van der Waals surface area contributed by atoms with E-state index in [2.05, 4.69) is 37.5 Å². The van der Waals surface area contributed by atoms with Crippen LogP contribution in [-0.4, -0.2) is 15.3 Å². The molecule has 1 heterocycles. The molecule has 1 aliphatic carbocycles. The molecule has 0 N–H and O–H groups in total. The SMILES string of the molecule is C=C(C)[C@]1(C)C[C@@H](C(=O)c2nccn2C)[C@@H]1c1ccccc1. The Kier molecular flexibility index (Phi) is 3.51. The van der Waals surface area contributed by atoms with Crippen LogP contribution < -0.4 is 0 Å². The fourth-order valence-corrected chi connectivity index (χ4v) is 3.70. The monoisotopic (exact) mass is 294 g/mol. The quantitative estimate of drug-likeness (QED) is 0.631. The smallest absolute Gasteiger partial charge is 0.201 e. The number of hydrogen-bond donors (Lipinski definition) is 0. The molecular formula is C19H22N2O. The maximum Gasteiger partial charge on any atom is 0.201 e. The molecule has 0 saturated heterocycles. The van der Waals surface area contributed by atoms with E-state index in [-0.39, 0.29) is 23.0 Å². The van der Waals surface area contributed by atoms with Crippen molar-refractivity contribution in [1.82, 2.24) is 9.55 Å². The summed E-state index contributed by atoms with van der Waals surface area (Å²) in [5, 5.41) is 0. The number of allylic oxidation sites excluding steroid dienone is 1. The van der Waals surface area contributed by atoms with Crippen LogP contribution >= 0.6 is 0 Å². The Labute approximate surface area is 131 Å². The maximum absolute atomic E-state index is 12.9. The number of aromatic nitrogens is 2. The van der Waals surface area contributed by atoms with Crippen LogP contribution in [-0.2, 0) is 7.05 Å². The number of rotatable bonds is 4. The molecule has 0 radical (unpaired) electrons. The fraction of sp³-hybridized carbons (Fsp3) is 0.368. The predicted molar refractivity (Wildman–Crippen MR) is 87.7 cm³/mol. The Morgan fingerprint density at radius 3 is 2.59 bits per heavy atom. The van der Waals surface area contributed by atoms with Gasteiger partial charge in [-0.15, -0.1) is 0 Å². The number of aryl methyl sites for hydroxylation is 1. The number of hydrogen-bond acceptors (Lipinski definition) is 2. The largest absolute Gasteiger partial charge is 0.332 e. The van der Waals surface area contributed by atoms with Crippen molar-refractivity contribution in [2.75, 3.05) is 0 Å². The van der Waals surface area contributed by atoms with Gasteiger partial charge < -0.3 is 4.57 Å². The average Bonchev–Trinajstić information content (AvgIpc) is 2.90. The van der Waals surface area contributed by atoms with E-state index in [1.54, 1.807) is 10.8 Å². The first kappa shape index (κ1) is 14.8. The van der Waals surface area contributed by atoms with Crippen LogP contribution in [0.25, 0.3) is 0 Å². The van der Waals surface area contributed by atoms with Crippen molar-refractivity contribution in [3.8, 4) is 0 Å². The summed E-state index contributed by atoms with van der Waals surface area (Å²) in [4.78, 5) is 17.1. The highest BCUT2D eigenvalue weighted by Crippen LogP contribution is 2.60.